The number of hydrogen-bond donors (Lipinski definition) is 3. The van der Waals surface area contributed by atoms with Gasteiger partial charge in [-0.15, -0.1) is 0 Å². The summed E-state index contributed by atoms with van der Waals surface area (Å²) in [6.07, 6.45) is 2.64. The zero-order valence-corrected chi connectivity index (χ0v) is 31.7. The van der Waals surface area contributed by atoms with Crippen molar-refractivity contribution in [3.63, 3.8) is 0 Å². The van der Waals surface area contributed by atoms with Crippen molar-refractivity contribution >= 4 is 29.5 Å². The Bertz CT molecular complexity index is 1880. The van der Waals surface area contributed by atoms with E-state index in [1.165, 1.54) is 29.5 Å². The summed E-state index contributed by atoms with van der Waals surface area (Å²) in [5.41, 5.74) is 7.50. The van der Waals surface area contributed by atoms with Gasteiger partial charge in [0.15, 0.2) is 11.6 Å². The largest absolute Gasteiger partial charge is 0.490 e. The number of anilines is 3. The van der Waals surface area contributed by atoms with Crippen molar-refractivity contribution < 1.29 is 23.5 Å². The predicted molar refractivity (Wildman–Crippen MR) is 207 cm³/mol. The summed E-state index contributed by atoms with van der Waals surface area (Å²) < 4.78 is 26.3. The minimum absolute atomic E-state index is 0.0336. The SMILES string of the molecule is CCC(C)NC(=O)Cc1ccc(-c2ccc(C)c(C)c2C)c(COC(=O)Nc2ccnc(Nc3ccc(OCCCN4CCN(C)CC4)c(F)c3)n2)c1. The Morgan fingerprint density at radius 1 is 0.962 bits per heavy atom. The van der Waals surface area contributed by atoms with Crippen molar-refractivity contribution in [1.82, 2.24) is 25.1 Å². The van der Waals surface area contributed by atoms with Crippen molar-refractivity contribution in [2.45, 2.75) is 66.5 Å². The summed E-state index contributed by atoms with van der Waals surface area (Å²) in [7, 11) is 2.13. The van der Waals surface area contributed by atoms with E-state index >= 15 is 0 Å². The predicted octanol–water partition coefficient (Wildman–Crippen LogP) is 7.17. The average molecular weight is 726 g/mol. The van der Waals surface area contributed by atoms with Crippen LogP contribution in [0, 0.1) is 26.6 Å². The molecule has 0 aliphatic carbocycles. The molecule has 0 bridgehead atoms. The minimum atomic E-state index is -0.711. The number of carbonyl (C=O) groups is 2. The summed E-state index contributed by atoms with van der Waals surface area (Å²) in [6, 6.07) is 16.2. The molecule has 12 heteroatoms. The average Bonchev–Trinajstić information content (AvgIpc) is 3.13. The minimum Gasteiger partial charge on any atom is -0.490 e. The number of rotatable bonds is 15. The number of nitrogens with zero attached hydrogens (tertiary/aromatic N) is 4. The lowest BCUT2D eigenvalue weighted by atomic mass is 9.90. The Balaban J connectivity index is 1.19. The molecule has 1 aliphatic rings. The molecular weight excluding hydrogens is 673 g/mol. The second-order valence-electron chi connectivity index (χ2n) is 13.8. The normalized spacial score (nSPS) is 14.0. The molecule has 11 nitrogen and oxygen atoms in total. The quantitative estimate of drug-likeness (QED) is 0.110. The molecule has 1 atom stereocenters. The van der Waals surface area contributed by atoms with E-state index in [1.54, 1.807) is 12.1 Å². The highest BCUT2D eigenvalue weighted by Crippen LogP contribution is 2.32. The molecule has 1 aliphatic heterocycles. The zero-order valence-electron chi connectivity index (χ0n) is 31.7. The van der Waals surface area contributed by atoms with Crippen LogP contribution in [-0.2, 0) is 22.6 Å². The molecule has 5 rings (SSSR count). The van der Waals surface area contributed by atoms with Crippen LogP contribution >= 0.6 is 0 Å². The Morgan fingerprint density at radius 2 is 1.74 bits per heavy atom. The van der Waals surface area contributed by atoms with Gasteiger partial charge in [0.05, 0.1) is 13.0 Å². The third-order valence-corrected chi connectivity index (χ3v) is 9.81. The van der Waals surface area contributed by atoms with E-state index in [9.17, 15) is 14.0 Å². The van der Waals surface area contributed by atoms with E-state index in [4.69, 9.17) is 9.47 Å². The van der Waals surface area contributed by atoms with Gasteiger partial charge in [-0.05, 0) is 105 Å². The lowest BCUT2D eigenvalue weighted by Crippen LogP contribution is -2.44. The number of ether oxygens (including phenoxy) is 2. The smallest absolute Gasteiger partial charge is 0.413 e. The fourth-order valence-corrected chi connectivity index (χ4v) is 6.14. The number of hydrogen-bond acceptors (Lipinski definition) is 9. The van der Waals surface area contributed by atoms with Gasteiger partial charge in [-0.3, -0.25) is 10.1 Å². The van der Waals surface area contributed by atoms with Gasteiger partial charge in [-0.1, -0.05) is 37.3 Å². The maximum absolute atomic E-state index is 14.9. The second-order valence-corrected chi connectivity index (χ2v) is 13.8. The number of halogens is 1. The maximum atomic E-state index is 14.9. The third-order valence-electron chi connectivity index (χ3n) is 9.81. The van der Waals surface area contributed by atoms with Gasteiger partial charge in [0.2, 0.25) is 11.9 Å². The van der Waals surface area contributed by atoms with Gasteiger partial charge in [0.1, 0.15) is 12.4 Å². The van der Waals surface area contributed by atoms with Gasteiger partial charge < -0.3 is 29.9 Å². The lowest BCUT2D eigenvalue weighted by molar-refractivity contribution is -0.121. The maximum Gasteiger partial charge on any atom is 0.413 e. The highest BCUT2D eigenvalue weighted by Gasteiger charge is 2.17. The highest BCUT2D eigenvalue weighted by molar-refractivity contribution is 5.84. The van der Waals surface area contributed by atoms with E-state index < -0.39 is 11.9 Å². The van der Waals surface area contributed by atoms with E-state index in [1.807, 2.05) is 32.0 Å². The fourth-order valence-electron chi connectivity index (χ4n) is 6.14. The molecule has 53 heavy (non-hydrogen) atoms. The molecule has 3 N–H and O–H groups in total. The number of nitrogens with one attached hydrogen (secondary N) is 3. The summed E-state index contributed by atoms with van der Waals surface area (Å²) in [5, 5.41) is 8.65. The first kappa shape index (κ1) is 39.1. The van der Waals surface area contributed by atoms with Crippen LogP contribution in [0.1, 0.15) is 54.5 Å². The van der Waals surface area contributed by atoms with Crippen LogP contribution in [0.15, 0.2) is 60.8 Å². The molecule has 4 aromatic rings. The van der Waals surface area contributed by atoms with E-state index in [-0.39, 0.29) is 42.5 Å². The van der Waals surface area contributed by atoms with Gasteiger partial charge in [0, 0.05) is 56.7 Å². The van der Waals surface area contributed by atoms with Crippen LogP contribution < -0.4 is 20.7 Å². The first-order valence-corrected chi connectivity index (χ1v) is 18.3. The second kappa shape index (κ2) is 18.6. The Kier molecular flexibility index (Phi) is 13.7. The molecule has 3 aromatic carbocycles. The fraction of sp³-hybridized carbons (Fsp3) is 0.415. The van der Waals surface area contributed by atoms with Crippen LogP contribution in [0.3, 0.4) is 0 Å². The molecule has 0 spiro atoms. The number of piperazine rings is 1. The van der Waals surface area contributed by atoms with Crippen molar-refractivity contribution in [2.24, 2.45) is 0 Å². The zero-order chi connectivity index (χ0) is 37.9. The first-order valence-electron chi connectivity index (χ1n) is 18.3. The number of likely N-dealkylation sites (N-methyl/N-ethyl adjacent to an activating group) is 1. The number of carbonyl (C=O) groups excluding carboxylic acids is 2. The lowest BCUT2D eigenvalue weighted by Gasteiger charge is -2.32. The molecular formula is C41H52FN7O4. The number of benzene rings is 3. The number of aryl methyl sites for hydroxylation is 1. The van der Waals surface area contributed by atoms with Gasteiger partial charge in [0.25, 0.3) is 0 Å². The molecule has 1 aromatic heterocycles. The molecule has 2 amide bonds. The van der Waals surface area contributed by atoms with Crippen LogP contribution in [0.25, 0.3) is 11.1 Å². The molecule has 2 heterocycles. The van der Waals surface area contributed by atoms with Crippen LogP contribution in [0.4, 0.5) is 26.6 Å². The van der Waals surface area contributed by atoms with Crippen LogP contribution in [-0.4, -0.2) is 84.2 Å². The molecule has 0 radical (unpaired) electrons. The molecule has 1 saturated heterocycles. The molecule has 0 saturated carbocycles. The summed E-state index contributed by atoms with van der Waals surface area (Å²) in [4.78, 5) is 39.0. The van der Waals surface area contributed by atoms with Crippen LogP contribution in [0.2, 0.25) is 0 Å². The Labute approximate surface area is 312 Å². The van der Waals surface area contributed by atoms with Crippen molar-refractivity contribution in [3.8, 4) is 16.9 Å². The molecule has 282 valence electrons. The number of aromatic nitrogens is 2. The van der Waals surface area contributed by atoms with Gasteiger partial charge in [-0.2, -0.15) is 4.98 Å². The summed E-state index contributed by atoms with van der Waals surface area (Å²) >= 11 is 0. The Hall–Kier alpha value is -5.07. The van der Waals surface area contributed by atoms with Crippen molar-refractivity contribution in [1.29, 1.82) is 0 Å². The number of amides is 2. The van der Waals surface area contributed by atoms with Crippen LogP contribution in [0.5, 0.6) is 5.75 Å². The van der Waals surface area contributed by atoms with Gasteiger partial charge >= 0.3 is 6.09 Å². The van der Waals surface area contributed by atoms with Crippen molar-refractivity contribution in [2.75, 3.05) is 57.0 Å². The monoisotopic (exact) mass is 725 g/mol. The van der Waals surface area contributed by atoms with Gasteiger partial charge in [-0.25, -0.2) is 14.2 Å². The first-order chi connectivity index (χ1) is 25.5. The summed E-state index contributed by atoms with van der Waals surface area (Å²) in [5.74, 6) is -0.00826. The van der Waals surface area contributed by atoms with E-state index in [0.717, 1.165) is 73.4 Å². The molecule has 1 unspecified atom stereocenters. The van der Waals surface area contributed by atoms with Crippen molar-refractivity contribution in [3.05, 3.63) is 94.4 Å². The van der Waals surface area contributed by atoms with E-state index in [0.29, 0.717) is 12.3 Å². The summed E-state index contributed by atoms with van der Waals surface area (Å²) in [6.45, 7) is 15.8. The topological polar surface area (TPSA) is 121 Å². The standard InChI is InChI=1S/C41H52FN7O4/c1-7-28(3)44-39(50)24-31-10-13-35(34-12-9-27(2)29(4)30(34)5)32(23-31)26-53-41(51)47-38-15-16-43-40(46-38)45-33-11-14-37(36(42)25-33)52-22-8-17-49-20-18-48(6)19-21-49/h9-16,23,25,28H,7-8,17-22,24,26H2,1-6H3,(H,44,50)(H2,43,45,46,47,51). The third kappa shape index (κ3) is 11.2. The molecule has 1 fully saturated rings. The van der Waals surface area contributed by atoms with E-state index in [2.05, 4.69) is 75.7 Å². The Morgan fingerprint density at radius 3 is 2.49 bits per heavy atom. The highest BCUT2D eigenvalue weighted by atomic mass is 19.1.